The van der Waals surface area contributed by atoms with E-state index in [0.29, 0.717) is 12.0 Å². The second-order valence-electron chi connectivity index (χ2n) is 4.08. The van der Waals surface area contributed by atoms with E-state index >= 15 is 0 Å². The van der Waals surface area contributed by atoms with Gasteiger partial charge in [-0.25, -0.2) is 4.39 Å². The number of carbonyl (C=O) groups is 1. The second kappa shape index (κ2) is 5.41. The lowest BCUT2D eigenvalue weighted by Gasteiger charge is -2.06. The molecule has 0 aliphatic rings. The number of hydrogen-bond acceptors (Lipinski definition) is 1. The van der Waals surface area contributed by atoms with Crippen LogP contribution in [0.25, 0.3) is 6.08 Å². The first-order valence-electron chi connectivity index (χ1n) is 5.68. The lowest BCUT2D eigenvalue weighted by Crippen LogP contribution is -1.95. The van der Waals surface area contributed by atoms with Gasteiger partial charge in [0.2, 0.25) is 0 Å². The van der Waals surface area contributed by atoms with Crippen molar-refractivity contribution in [2.75, 3.05) is 0 Å². The van der Waals surface area contributed by atoms with Crippen LogP contribution in [-0.2, 0) is 6.42 Å². The molecule has 1 nitrogen and oxygen atoms in total. The minimum Gasteiger partial charge on any atom is -0.298 e. The van der Waals surface area contributed by atoms with Gasteiger partial charge in [-0.3, -0.25) is 4.79 Å². The standard InChI is InChI=1S/C16H13FO/c1-2-12-3-6-14(11-18)15(9-12)10-13-4-7-16(17)8-5-13/h2-9,11H,1,10H2. The maximum atomic E-state index is 12.8. The van der Waals surface area contributed by atoms with Crippen molar-refractivity contribution in [2.24, 2.45) is 0 Å². The summed E-state index contributed by atoms with van der Waals surface area (Å²) in [5.74, 6) is -0.255. The molecule has 0 aliphatic heterocycles. The lowest BCUT2D eigenvalue weighted by molar-refractivity contribution is 0.112. The predicted octanol–water partition coefficient (Wildman–Crippen LogP) is 3.87. The second-order valence-corrected chi connectivity index (χ2v) is 4.08. The van der Waals surface area contributed by atoms with Gasteiger partial charge in [0.25, 0.3) is 0 Å². The Kier molecular flexibility index (Phi) is 3.68. The van der Waals surface area contributed by atoms with Gasteiger partial charge in [-0.1, -0.05) is 43.0 Å². The average molecular weight is 240 g/mol. The quantitative estimate of drug-likeness (QED) is 0.741. The molecule has 0 unspecified atom stereocenters. The van der Waals surface area contributed by atoms with E-state index in [0.717, 1.165) is 23.0 Å². The number of hydrogen-bond donors (Lipinski definition) is 0. The van der Waals surface area contributed by atoms with E-state index in [2.05, 4.69) is 6.58 Å². The number of rotatable bonds is 4. The zero-order valence-corrected chi connectivity index (χ0v) is 9.90. The molecular weight excluding hydrogens is 227 g/mol. The zero-order valence-electron chi connectivity index (χ0n) is 9.90. The summed E-state index contributed by atoms with van der Waals surface area (Å²) in [6.07, 6.45) is 3.19. The minimum atomic E-state index is -0.255. The van der Waals surface area contributed by atoms with Crippen molar-refractivity contribution >= 4 is 12.4 Å². The Hall–Kier alpha value is -2.22. The third kappa shape index (κ3) is 2.72. The number of benzene rings is 2. The molecule has 0 saturated carbocycles. The van der Waals surface area contributed by atoms with Gasteiger partial charge in [0, 0.05) is 5.56 Å². The Labute approximate surface area is 106 Å². The Morgan fingerprint density at radius 1 is 1.11 bits per heavy atom. The number of halogens is 1. The monoisotopic (exact) mass is 240 g/mol. The summed E-state index contributed by atoms with van der Waals surface area (Å²) in [4.78, 5) is 11.0. The third-order valence-corrected chi connectivity index (χ3v) is 2.84. The van der Waals surface area contributed by atoms with Gasteiger partial charge in [0.1, 0.15) is 12.1 Å². The van der Waals surface area contributed by atoms with E-state index in [1.807, 2.05) is 12.1 Å². The van der Waals surface area contributed by atoms with Crippen molar-refractivity contribution in [3.05, 3.63) is 77.1 Å². The van der Waals surface area contributed by atoms with Crippen molar-refractivity contribution in [1.82, 2.24) is 0 Å². The Morgan fingerprint density at radius 3 is 2.44 bits per heavy atom. The maximum Gasteiger partial charge on any atom is 0.150 e. The van der Waals surface area contributed by atoms with Crippen LogP contribution in [0.1, 0.15) is 27.0 Å². The highest BCUT2D eigenvalue weighted by atomic mass is 19.1. The molecule has 0 bridgehead atoms. The number of aldehydes is 1. The van der Waals surface area contributed by atoms with Crippen LogP contribution in [0.5, 0.6) is 0 Å². The molecule has 0 aliphatic carbocycles. The maximum absolute atomic E-state index is 12.8. The van der Waals surface area contributed by atoms with Crippen LogP contribution in [0, 0.1) is 5.82 Å². The van der Waals surface area contributed by atoms with Gasteiger partial charge < -0.3 is 0 Å². The molecule has 0 atom stereocenters. The van der Waals surface area contributed by atoms with Crippen LogP contribution >= 0.6 is 0 Å². The van der Waals surface area contributed by atoms with E-state index in [4.69, 9.17) is 0 Å². The van der Waals surface area contributed by atoms with Crippen LogP contribution < -0.4 is 0 Å². The summed E-state index contributed by atoms with van der Waals surface area (Å²) in [7, 11) is 0. The highest BCUT2D eigenvalue weighted by Gasteiger charge is 2.04. The zero-order chi connectivity index (χ0) is 13.0. The van der Waals surface area contributed by atoms with E-state index in [1.54, 1.807) is 24.3 Å². The number of carbonyl (C=O) groups excluding carboxylic acids is 1. The highest BCUT2D eigenvalue weighted by Crippen LogP contribution is 2.16. The summed E-state index contributed by atoms with van der Waals surface area (Å²) in [5.41, 5.74) is 3.53. The van der Waals surface area contributed by atoms with E-state index in [-0.39, 0.29) is 5.82 Å². The third-order valence-electron chi connectivity index (χ3n) is 2.84. The van der Waals surface area contributed by atoms with Crippen LogP contribution in [0.15, 0.2) is 49.0 Å². The Morgan fingerprint density at radius 2 is 1.83 bits per heavy atom. The molecule has 0 N–H and O–H groups in total. The fourth-order valence-corrected chi connectivity index (χ4v) is 1.84. The van der Waals surface area contributed by atoms with E-state index in [1.165, 1.54) is 12.1 Å². The van der Waals surface area contributed by atoms with Gasteiger partial charge in [0.15, 0.2) is 0 Å². The Balaban J connectivity index is 2.34. The normalized spacial score (nSPS) is 10.1. The molecule has 0 amide bonds. The molecule has 0 radical (unpaired) electrons. The van der Waals surface area contributed by atoms with Gasteiger partial charge in [-0.05, 0) is 35.2 Å². The fourth-order valence-electron chi connectivity index (χ4n) is 1.84. The first-order valence-corrected chi connectivity index (χ1v) is 5.68. The SMILES string of the molecule is C=Cc1ccc(C=O)c(Cc2ccc(F)cc2)c1. The molecule has 0 saturated heterocycles. The molecule has 0 spiro atoms. The van der Waals surface area contributed by atoms with Gasteiger partial charge in [-0.15, -0.1) is 0 Å². The van der Waals surface area contributed by atoms with Gasteiger partial charge >= 0.3 is 0 Å². The lowest BCUT2D eigenvalue weighted by atomic mass is 9.98. The molecule has 90 valence electrons. The summed E-state index contributed by atoms with van der Waals surface area (Å²) in [6, 6.07) is 11.9. The van der Waals surface area contributed by atoms with Crippen molar-refractivity contribution in [3.8, 4) is 0 Å². The van der Waals surface area contributed by atoms with Crippen molar-refractivity contribution < 1.29 is 9.18 Å². The predicted molar refractivity (Wildman–Crippen MR) is 71.1 cm³/mol. The van der Waals surface area contributed by atoms with Gasteiger partial charge in [-0.2, -0.15) is 0 Å². The largest absolute Gasteiger partial charge is 0.298 e. The molecule has 2 rings (SSSR count). The average Bonchev–Trinajstić information content (AvgIpc) is 2.41. The van der Waals surface area contributed by atoms with E-state index < -0.39 is 0 Å². The molecule has 2 aromatic carbocycles. The van der Waals surface area contributed by atoms with Crippen molar-refractivity contribution in [2.45, 2.75) is 6.42 Å². The van der Waals surface area contributed by atoms with Crippen LogP contribution in [0.2, 0.25) is 0 Å². The van der Waals surface area contributed by atoms with Crippen molar-refractivity contribution in [3.63, 3.8) is 0 Å². The smallest absolute Gasteiger partial charge is 0.150 e. The summed E-state index contributed by atoms with van der Waals surface area (Å²) in [6.45, 7) is 3.71. The molecule has 2 aromatic rings. The minimum absolute atomic E-state index is 0.255. The highest BCUT2D eigenvalue weighted by molar-refractivity contribution is 5.78. The van der Waals surface area contributed by atoms with Crippen LogP contribution in [0.3, 0.4) is 0 Å². The molecule has 18 heavy (non-hydrogen) atoms. The molecular formula is C16H13FO. The fraction of sp³-hybridized carbons (Fsp3) is 0.0625. The summed E-state index contributed by atoms with van der Waals surface area (Å²) >= 11 is 0. The topological polar surface area (TPSA) is 17.1 Å². The van der Waals surface area contributed by atoms with Crippen LogP contribution in [-0.4, -0.2) is 6.29 Å². The molecule has 0 aromatic heterocycles. The first kappa shape index (κ1) is 12.2. The van der Waals surface area contributed by atoms with Crippen molar-refractivity contribution in [1.29, 1.82) is 0 Å². The summed E-state index contributed by atoms with van der Waals surface area (Å²) in [5, 5.41) is 0. The molecule has 0 fully saturated rings. The summed E-state index contributed by atoms with van der Waals surface area (Å²) < 4.78 is 12.8. The van der Waals surface area contributed by atoms with E-state index in [9.17, 15) is 9.18 Å². The first-order chi connectivity index (χ1) is 8.72. The molecule has 2 heteroatoms. The van der Waals surface area contributed by atoms with Crippen LogP contribution in [0.4, 0.5) is 4.39 Å². The van der Waals surface area contributed by atoms with Gasteiger partial charge in [0.05, 0.1) is 0 Å². The molecule has 0 heterocycles. The Bertz CT molecular complexity index is 570.